The van der Waals surface area contributed by atoms with Gasteiger partial charge in [0.15, 0.2) is 0 Å². The van der Waals surface area contributed by atoms with Crippen LogP contribution in [0.25, 0.3) is 0 Å². The fourth-order valence-corrected chi connectivity index (χ4v) is 2.11. The number of hydrogen-bond donors (Lipinski definition) is 2. The van der Waals surface area contributed by atoms with Crippen LogP contribution in [-0.4, -0.2) is 29.4 Å². The Kier molecular flexibility index (Phi) is 6.57. The van der Waals surface area contributed by atoms with E-state index in [1.807, 2.05) is 18.7 Å². The highest BCUT2D eigenvalue weighted by molar-refractivity contribution is 7.98. The number of thioether (sulfide) groups is 1. The molecule has 0 bridgehead atoms. The van der Waals surface area contributed by atoms with Crippen LogP contribution in [-0.2, 0) is 0 Å². The monoisotopic (exact) mass is 267 g/mol. The Labute approximate surface area is 113 Å². The summed E-state index contributed by atoms with van der Waals surface area (Å²) in [5.41, 5.74) is 7.56. The van der Waals surface area contributed by atoms with Crippen LogP contribution in [0.3, 0.4) is 0 Å². The van der Waals surface area contributed by atoms with Gasteiger partial charge in [-0.1, -0.05) is 6.42 Å². The lowest BCUT2D eigenvalue weighted by molar-refractivity contribution is 0.0953. The fourth-order valence-electron chi connectivity index (χ4n) is 1.62. The van der Waals surface area contributed by atoms with Gasteiger partial charge in [-0.05, 0) is 37.8 Å². The van der Waals surface area contributed by atoms with E-state index in [4.69, 9.17) is 5.73 Å². The molecule has 0 atom stereocenters. The first-order valence-corrected chi connectivity index (χ1v) is 7.53. The minimum Gasteiger partial charge on any atom is -0.398 e. The molecule has 0 saturated carbocycles. The van der Waals surface area contributed by atoms with Crippen LogP contribution in [0.2, 0.25) is 0 Å². The minimum atomic E-state index is -0.134. The quantitative estimate of drug-likeness (QED) is 0.743. The van der Waals surface area contributed by atoms with Crippen molar-refractivity contribution < 1.29 is 4.79 Å². The second-order valence-electron chi connectivity index (χ2n) is 4.22. The van der Waals surface area contributed by atoms with Gasteiger partial charge in [0.2, 0.25) is 0 Å². The number of nitrogens with zero attached hydrogens (tertiary/aromatic N) is 1. The molecule has 100 valence electrons. The summed E-state index contributed by atoms with van der Waals surface area (Å²) in [7, 11) is 0. The molecule has 1 aromatic rings. The molecule has 0 fully saturated rings. The van der Waals surface area contributed by atoms with Crippen molar-refractivity contribution in [1.29, 1.82) is 0 Å². The first-order chi connectivity index (χ1) is 8.65. The number of aryl methyl sites for hydroxylation is 1. The molecule has 3 N–H and O–H groups in total. The van der Waals surface area contributed by atoms with Crippen molar-refractivity contribution in [3.05, 3.63) is 23.5 Å². The van der Waals surface area contributed by atoms with Crippen LogP contribution in [0, 0.1) is 6.92 Å². The number of unbranched alkanes of at least 4 members (excludes halogenated alkanes) is 2. The van der Waals surface area contributed by atoms with Crippen LogP contribution in [0.5, 0.6) is 0 Å². The van der Waals surface area contributed by atoms with Crippen molar-refractivity contribution in [2.75, 3.05) is 24.3 Å². The van der Waals surface area contributed by atoms with Crippen LogP contribution in [0.4, 0.5) is 5.69 Å². The fraction of sp³-hybridized carbons (Fsp3) is 0.538. The normalized spacial score (nSPS) is 10.3. The Morgan fingerprint density at radius 1 is 1.44 bits per heavy atom. The van der Waals surface area contributed by atoms with Gasteiger partial charge >= 0.3 is 0 Å². The van der Waals surface area contributed by atoms with E-state index in [-0.39, 0.29) is 5.91 Å². The number of amides is 1. The summed E-state index contributed by atoms with van der Waals surface area (Å²) >= 11 is 1.85. The van der Waals surface area contributed by atoms with Crippen molar-refractivity contribution in [3.8, 4) is 0 Å². The zero-order chi connectivity index (χ0) is 13.4. The van der Waals surface area contributed by atoms with Gasteiger partial charge < -0.3 is 11.1 Å². The maximum Gasteiger partial charge on any atom is 0.254 e. The highest BCUT2D eigenvalue weighted by Gasteiger charge is 2.09. The van der Waals surface area contributed by atoms with E-state index in [0.29, 0.717) is 17.8 Å². The standard InChI is InChI=1S/C13H21N3OS/c1-10-8-12(14)11(9-16-10)13(17)15-6-4-3-5-7-18-2/h8-9H,3-7H2,1-2H3,(H2,14,16)(H,15,17). The predicted molar refractivity (Wildman–Crippen MR) is 78.0 cm³/mol. The van der Waals surface area contributed by atoms with Crippen LogP contribution in [0.15, 0.2) is 12.3 Å². The van der Waals surface area contributed by atoms with Gasteiger partial charge in [-0.25, -0.2) is 0 Å². The molecule has 1 rings (SSSR count). The lowest BCUT2D eigenvalue weighted by atomic mass is 10.2. The third-order valence-corrected chi connectivity index (χ3v) is 3.33. The minimum absolute atomic E-state index is 0.134. The van der Waals surface area contributed by atoms with E-state index < -0.39 is 0 Å². The maximum atomic E-state index is 11.8. The molecule has 4 nitrogen and oxygen atoms in total. The molecule has 0 aliphatic carbocycles. The van der Waals surface area contributed by atoms with Crippen molar-refractivity contribution in [1.82, 2.24) is 10.3 Å². The van der Waals surface area contributed by atoms with Gasteiger partial charge in [0.1, 0.15) is 0 Å². The average Bonchev–Trinajstić information content (AvgIpc) is 2.33. The molecule has 0 aliphatic rings. The van der Waals surface area contributed by atoms with Gasteiger partial charge in [-0.3, -0.25) is 9.78 Å². The molecule has 1 amide bonds. The van der Waals surface area contributed by atoms with Crippen molar-refractivity contribution >= 4 is 23.4 Å². The van der Waals surface area contributed by atoms with Crippen molar-refractivity contribution in [3.63, 3.8) is 0 Å². The molecule has 18 heavy (non-hydrogen) atoms. The molecular formula is C13H21N3OS. The number of pyridine rings is 1. The summed E-state index contributed by atoms with van der Waals surface area (Å²) < 4.78 is 0. The molecule has 0 aromatic carbocycles. The number of carbonyl (C=O) groups excluding carboxylic acids is 1. The van der Waals surface area contributed by atoms with E-state index in [0.717, 1.165) is 18.5 Å². The van der Waals surface area contributed by atoms with Crippen LogP contribution < -0.4 is 11.1 Å². The third-order valence-electron chi connectivity index (χ3n) is 2.63. The Hall–Kier alpha value is -1.23. The first-order valence-electron chi connectivity index (χ1n) is 6.14. The molecule has 0 aliphatic heterocycles. The lowest BCUT2D eigenvalue weighted by Gasteiger charge is -2.07. The molecule has 1 heterocycles. The SMILES string of the molecule is CSCCCCCNC(=O)c1cnc(C)cc1N. The Bertz CT molecular complexity index is 396. The molecular weight excluding hydrogens is 246 g/mol. The Morgan fingerprint density at radius 2 is 2.22 bits per heavy atom. The number of aromatic nitrogens is 1. The van der Waals surface area contributed by atoms with Gasteiger partial charge in [0.05, 0.1) is 5.56 Å². The smallest absolute Gasteiger partial charge is 0.254 e. The van der Waals surface area contributed by atoms with Crippen molar-refractivity contribution in [2.45, 2.75) is 26.2 Å². The second-order valence-corrected chi connectivity index (χ2v) is 5.21. The summed E-state index contributed by atoms with van der Waals surface area (Å²) in [5.74, 6) is 1.05. The number of anilines is 1. The number of nitrogens with two attached hydrogens (primary N) is 1. The predicted octanol–water partition coefficient (Wildman–Crippen LogP) is 2.24. The third kappa shape index (κ3) is 4.96. The average molecular weight is 267 g/mol. The number of nitrogens with one attached hydrogen (secondary N) is 1. The molecule has 0 radical (unpaired) electrons. The van der Waals surface area contributed by atoms with E-state index >= 15 is 0 Å². The molecule has 0 spiro atoms. The van der Waals surface area contributed by atoms with E-state index in [9.17, 15) is 4.79 Å². The molecule has 1 aromatic heterocycles. The highest BCUT2D eigenvalue weighted by Crippen LogP contribution is 2.11. The summed E-state index contributed by atoms with van der Waals surface area (Å²) in [4.78, 5) is 15.9. The zero-order valence-corrected chi connectivity index (χ0v) is 11.8. The summed E-state index contributed by atoms with van der Waals surface area (Å²) in [6.07, 6.45) is 6.99. The Balaban J connectivity index is 2.32. The van der Waals surface area contributed by atoms with Gasteiger partial charge in [0, 0.05) is 24.1 Å². The summed E-state index contributed by atoms with van der Waals surface area (Å²) in [6.45, 7) is 2.55. The lowest BCUT2D eigenvalue weighted by Crippen LogP contribution is -2.25. The highest BCUT2D eigenvalue weighted by atomic mass is 32.2. The van der Waals surface area contributed by atoms with E-state index in [1.165, 1.54) is 18.4 Å². The number of hydrogen-bond acceptors (Lipinski definition) is 4. The maximum absolute atomic E-state index is 11.8. The number of nitrogen functional groups attached to an aromatic ring is 1. The van der Waals surface area contributed by atoms with Gasteiger partial charge in [-0.15, -0.1) is 0 Å². The zero-order valence-electron chi connectivity index (χ0n) is 11.0. The number of carbonyl (C=O) groups is 1. The molecule has 5 heteroatoms. The summed E-state index contributed by atoms with van der Waals surface area (Å²) in [5, 5.41) is 2.87. The summed E-state index contributed by atoms with van der Waals surface area (Å²) in [6, 6.07) is 1.72. The first kappa shape index (κ1) is 14.8. The Morgan fingerprint density at radius 3 is 2.89 bits per heavy atom. The molecule has 0 unspecified atom stereocenters. The van der Waals surface area contributed by atoms with E-state index in [2.05, 4.69) is 16.6 Å². The molecule has 0 saturated heterocycles. The topological polar surface area (TPSA) is 68.0 Å². The van der Waals surface area contributed by atoms with Crippen LogP contribution in [0.1, 0.15) is 35.3 Å². The number of rotatable bonds is 7. The van der Waals surface area contributed by atoms with Gasteiger partial charge in [0.25, 0.3) is 5.91 Å². The van der Waals surface area contributed by atoms with Gasteiger partial charge in [-0.2, -0.15) is 11.8 Å². The largest absolute Gasteiger partial charge is 0.398 e. The van der Waals surface area contributed by atoms with Crippen LogP contribution >= 0.6 is 11.8 Å². The van der Waals surface area contributed by atoms with E-state index in [1.54, 1.807) is 6.07 Å². The van der Waals surface area contributed by atoms with Crippen molar-refractivity contribution in [2.24, 2.45) is 0 Å². The second kappa shape index (κ2) is 7.97.